The number of hydrogen-bond acceptors (Lipinski definition) is 6. The molecule has 0 atom stereocenters. The Hall–Kier alpha value is -2.48. The molecule has 1 saturated heterocycles. The zero-order valence-corrected chi connectivity index (χ0v) is 17.7. The largest absolute Gasteiger partial charge is 0.504 e. The zero-order valence-electron chi connectivity index (χ0n) is 16.1. The second-order valence-corrected chi connectivity index (χ2v) is 7.64. The molecule has 152 valence electrons. The second kappa shape index (κ2) is 9.82. The maximum atomic E-state index is 13.0. The van der Waals surface area contributed by atoms with Gasteiger partial charge in [-0.05, 0) is 42.5 Å². The van der Waals surface area contributed by atoms with Gasteiger partial charge >= 0.3 is 0 Å². The Morgan fingerprint density at radius 3 is 2.69 bits per heavy atom. The van der Waals surface area contributed by atoms with Crippen LogP contribution in [0.25, 0.3) is 6.08 Å². The Kier molecular flexibility index (Phi) is 7.19. The van der Waals surface area contributed by atoms with Crippen molar-refractivity contribution in [1.29, 1.82) is 0 Å². The SMILES string of the molecule is COCCCN1C(=O)/C(=C/c2cc(Cl)cc(OC)c2O)SC1=Nc1ccccc1. The lowest BCUT2D eigenvalue weighted by Crippen LogP contribution is -2.30. The summed E-state index contributed by atoms with van der Waals surface area (Å²) < 4.78 is 10.2. The summed E-state index contributed by atoms with van der Waals surface area (Å²) in [7, 11) is 3.07. The van der Waals surface area contributed by atoms with E-state index >= 15 is 0 Å². The lowest BCUT2D eigenvalue weighted by Gasteiger charge is -2.15. The Bertz CT molecular complexity index is 947. The predicted octanol–water partition coefficient (Wildman–Crippen LogP) is 4.69. The Labute approximate surface area is 178 Å². The molecule has 2 aromatic rings. The van der Waals surface area contributed by atoms with Crippen molar-refractivity contribution in [2.24, 2.45) is 4.99 Å². The van der Waals surface area contributed by atoms with Crippen LogP contribution in [0.4, 0.5) is 5.69 Å². The lowest BCUT2D eigenvalue weighted by molar-refractivity contribution is -0.122. The molecule has 1 aliphatic rings. The minimum Gasteiger partial charge on any atom is -0.504 e. The number of benzene rings is 2. The van der Waals surface area contributed by atoms with Crippen molar-refractivity contribution in [3.8, 4) is 11.5 Å². The van der Waals surface area contributed by atoms with E-state index in [1.165, 1.54) is 24.9 Å². The van der Waals surface area contributed by atoms with Gasteiger partial charge in [0.1, 0.15) is 0 Å². The monoisotopic (exact) mass is 432 g/mol. The van der Waals surface area contributed by atoms with Crippen LogP contribution >= 0.6 is 23.4 Å². The Morgan fingerprint density at radius 1 is 1.24 bits per heavy atom. The van der Waals surface area contributed by atoms with Crippen molar-refractivity contribution in [2.75, 3.05) is 27.4 Å². The average Bonchev–Trinajstić information content (AvgIpc) is 3.00. The van der Waals surface area contributed by atoms with E-state index in [1.54, 1.807) is 24.2 Å². The summed E-state index contributed by atoms with van der Waals surface area (Å²) in [6.07, 6.45) is 2.29. The van der Waals surface area contributed by atoms with Gasteiger partial charge < -0.3 is 14.6 Å². The van der Waals surface area contributed by atoms with Gasteiger partial charge in [-0.3, -0.25) is 9.69 Å². The smallest absolute Gasteiger partial charge is 0.266 e. The molecule has 0 saturated carbocycles. The highest BCUT2D eigenvalue weighted by Gasteiger charge is 2.33. The second-order valence-electron chi connectivity index (χ2n) is 6.19. The number of carbonyl (C=O) groups is 1. The number of aliphatic imine (C=N–C) groups is 1. The average molecular weight is 433 g/mol. The summed E-state index contributed by atoms with van der Waals surface area (Å²) in [5.41, 5.74) is 1.16. The van der Waals surface area contributed by atoms with E-state index in [4.69, 9.17) is 21.1 Å². The summed E-state index contributed by atoms with van der Waals surface area (Å²) >= 11 is 7.37. The third kappa shape index (κ3) is 5.12. The molecule has 1 amide bonds. The minimum absolute atomic E-state index is 0.0721. The third-order valence-corrected chi connectivity index (χ3v) is 5.40. The van der Waals surface area contributed by atoms with Crippen molar-refractivity contribution in [3.63, 3.8) is 0 Å². The van der Waals surface area contributed by atoms with E-state index in [9.17, 15) is 9.90 Å². The third-order valence-electron chi connectivity index (χ3n) is 4.17. The van der Waals surface area contributed by atoms with Crippen LogP contribution in [0.3, 0.4) is 0 Å². The standard InChI is InChI=1S/C21H21ClN2O4S/c1-27-10-6-9-24-20(26)18(29-21(24)23-16-7-4-3-5-8-16)12-14-11-15(22)13-17(28-2)19(14)25/h3-5,7-8,11-13,25H,6,9-10H2,1-2H3/b18-12-,23-21?. The number of carbonyl (C=O) groups excluding carboxylic acids is 1. The van der Waals surface area contributed by atoms with Gasteiger partial charge in [-0.15, -0.1) is 0 Å². The van der Waals surface area contributed by atoms with Gasteiger partial charge in [0, 0.05) is 36.9 Å². The Balaban J connectivity index is 1.96. The first-order valence-corrected chi connectivity index (χ1v) is 10.1. The minimum atomic E-state index is -0.181. The molecule has 1 heterocycles. The van der Waals surface area contributed by atoms with Crippen molar-refractivity contribution in [1.82, 2.24) is 4.90 Å². The normalized spacial score (nSPS) is 16.8. The van der Waals surface area contributed by atoms with Crippen LogP contribution in [-0.4, -0.2) is 48.5 Å². The summed E-state index contributed by atoms with van der Waals surface area (Å²) in [4.78, 5) is 19.7. The van der Waals surface area contributed by atoms with E-state index in [0.29, 0.717) is 40.2 Å². The van der Waals surface area contributed by atoms with Crippen LogP contribution in [0, 0.1) is 0 Å². The first kappa shape index (κ1) is 21.2. The van der Waals surface area contributed by atoms with E-state index in [-0.39, 0.29) is 17.4 Å². The van der Waals surface area contributed by atoms with Crippen LogP contribution in [-0.2, 0) is 9.53 Å². The van der Waals surface area contributed by atoms with E-state index < -0.39 is 0 Å². The fraction of sp³-hybridized carbons (Fsp3) is 0.238. The molecule has 1 aliphatic heterocycles. The van der Waals surface area contributed by atoms with Gasteiger partial charge in [0.15, 0.2) is 16.7 Å². The number of ether oxygens (including phenoxy) is 2. The number of phenolic OH excluding ortho intramolecular Hbond substituents is 1. The first-order chi connectivity index (χ1) is 14.0. The molecule has 0 spiro atoms. The summed E-state index contributed by atoms with van der Waals surface area (Å²) in [6, 6.07) is 12.5. The number of halogens is 1. The molecular weight excluding hydrogens is 412 g/mol. The fourth-order valence-electron chi connectivity index (χ4n) is 2.77. The molecular formula is C21H21ClN2O4S. The number of amidine groups is 1. The molecule has 0 aromatic heterocycles. The number of aromatic hydroxyl groups is 1. The van der Waals surface area contributed by atoms with Crippen LogP contribution in [0.2, 0.25) is 5.02 Å². The fourth-order valence-corrected chi connectivity index (χ4v) is 4.00. The van der Waals surface area contributed by atoms with Gasteiger partial charge in [0.05, 0.1) is 17.7 Å². The molecule has 0 bridgehead atoms. The molecule has 3 rings (SSSR count). The van der Waals surface area contributed by atoms with Crippen molar-refractivity contribution >= 4 is 46.2 Å². The van der Waals surface area contributed by atoms with Gasteiger partial charge in [0.2, 0.25) is 0 Å². The van der Waals surface area contributed by atoms with Gasteiger partial charge in [-0.2, -0.15) is 0 Å². The highest BCUT2D eigenvalue weighted by atomic mass is 35.5. The van der Waals surface area contributed by atoms with Crippen molar-refractivity contribution in [2.45, 2.75) is 6.42 Å². The molecule has 6 nitrogen and oxygen atoms in total. The summed E-state index contributed by atoms with van der Waals surface area (Å²) in [5, 5.41) is 11.4. The van der Waals surface area contributed by atoms with E-state index in [0.717, 1.165) is 5.69 Å². The number of hydrogen-bond donors (Lipinski definition) is 1. The van der Waals surface area contributed by atoms with Crippen molar-refractivity contribution < 1.29 is 19.4 Å². The number of nitrogens with zero attached hydrogens (tertiary/aromatic N) is 2. The Morgan fingerprint density at radius 2 is 2.00 bits per heavy atom. The molecule has 8 heteroatoms. The lowest BCUT2D eigenvalue weighted by atomic mass is 10.1. The van der Waals surface area contributed by atoms with Gasteiger partial charge in [-0.25, -0.2) is 4.99 Å². The highest BCUT2D eigenvalue weighted by Crippen LogP contribution is 2.39. The van der Waals surface area contributed by atoms with Crippen LogP contribution in [0.15, 0.2) is 52.4 Å². The highest BCUT2D eigenvalue weighted by molar-refractivity contribution is 8.18. The number of thioether (sulfide) groups is 1. The van der Waals surface area contributed by atoms with E-state index in [2.05, 4.69) is 4.99 Å². The topological polar surface area (TPSA) is 71.4 Å². The number of methoxy groups -OCH3 is 2. The quantitative estimate of drug-likeness (QED) is 0.507. The number of rotatable bonds is 7. The molecule has 29 heavy (non-hydrogen) atoms. The number of amides is 1. The zero-order chi connectivity index (χ0) is 20.8. The number of para-hydroxylation sites is 1. The van der Waals surface area contributed by atoms with Gasteiger partial charge in [0.25, 0.3) is 5.91 Å². The van der Waals surface area contributed by atoms with Crippen LogP contribution in [0.5, 0.6) is 11.5 Å². The number of phenols is 1. The maximum Gasteiger partial charge on any atom is 0.266 e. The molecule has 0 aliphatic carbocycles. The van der Waals surface area contributed by atoms with E-state index in [1.807, 2.05) is 30.3 Å². The van der Waals surface area contributed by atoms with Crippen molar-refractivity contribution in [3.05, 3.63) is 58.0 Å². The first-order valence-electron chi connectivity index (χ1n) is 8.94. The molecule has 0 unspecified atom stereocenters. The summed E-state index contributed by atoms with van der Waals surface area (Å²) in [5.74, 6) is -0.00812. The maximum absolute atomic E-state index is 13.0. The molecule has 0 radical (unpaired) electrons. The molecule has 1 fully saturated rings. The molecule has 2 aromatic carbocycles. The van der Waals surface area contributed by atoms with Crippen LogP contribution in [0.1, 0.15) is 12.0 Å². The predicted molar refractivity (Wildman–Crippen MR) is 117 cm³/mol. The summed E-state index contributed by atoms with van der Waals surface area (Å²) in [6.45, 7) is 1.02. The van der Waals surface area contributed by atoms with Crippen LogP contribution < -0.4 is 4.74 Å². The van der Waals surface area contributed by atoms with Gasteiger partial charge in [-0.1, -0.05) is 29.8 Å². The molecule has 1 N–H and O–H groups in total.